The van der Waals surface area contributed by atoms with Crippen LogP contribution in [0.1, 0.15) is 30.8 Å². The van der Waals surface area contributed by atoms with E-state index >= 15 is 0 Å². The first-order chi connectivity index (χ1) is 11.9. The number of hydrogen-bond donors (Lipinski definition) is 1. The van der Waals surface area contributed by atoms with Gasteiger partial charge in [-0.3, -0.25) is 9.26 Å². The Bertz CT molecular complexity index is 924. The Labute approximate surface area is 153 Å². The van der Waals surface area contributed by atoms with Crippen molar-refractivity contribution < 1.29 is 30.8 Å². The van der Waals surface area contributed by atoms with E-state index < -0.39 is 22.1 Å². The van der Waals surface area contributed by atoms with Crippen molar-refractivity contribution >= 4 is 16.1 Å². The molecule has 0 aliphatic heterocycles. The van der Waals surface area contributed by atoms with Crippen molar-refractivity contribution in [3.63, 3.8) is 0 Å². The number of hydrogen-bond acceptors (Lipinski definition) is 5. The van der Waals surface area contributed by atoms with Gasteiger partial charge in [-0.2, -0.15) is 31.3 Å². The molecular weight excluding hydrogens is 392 g/mol. The third-order valence-electron chi connectivity index (χ3n) is 3.77. The van der Waals surface area contributed by atoms with E-state index in [-0.39, 0.29) is 21.2 Å². The SMILES string of the molecule is CCc1cc(CC)c(S(=O)(=O)O)cc1-n1nc(C(F)(F)F)nc1N(C)C.F. The average molecular weight is 412 g/mol. The van der Waals surface area contributed by atoms with Gasteiger partial charge in [0.15, 0.2) is 0 Å². The van der Waals surface area contributed by atoms with Crippen LogP contribution in [0.2, 0.25) is 0 Å². The molecule has 1 aromatic heterocycles. The fourth-order valence-corrected chi connectivity index (χ4v) is 3.33. The van der Waals surface area contributed by atoms with Crippen molar-refractivity contribution in [2.45, 2.75) is 37.8 Å². The lowest BCUT2D eigenvalue weighted by molar-refractivity contribution is -0.144. The van der Waals surface area contributed by atoms with E-state index in [4.69, 9.17) is 0 Å². The molecular formula is C15H20F4N4O3S. The molecule has 1 aromatic carbocycles. The predicted molar refractivity (Wildman–Crippen MR) is 91.8 cm³/mol. The highest BCUT2D eigenvalue weighted by molar-refractivity contribution is 7.85. The second-order valence-corrected chi connectivity index (χ2v) is 7.20. The smallest absolute Gasteiger partial charge is 0.347 e. The molecule has 0 saturated heterocycles. The minimum atomic E-state index is -4.75. The quantitative estimate of drug-likeness (QED) is 0.600. The predicted octanol–water partition coefficient (Wildman–Crippen LogP) is 2.88. The average Bonchev–Trinajstić information content (AvgIpc) is 2.98. The van der Waals surface area contributed by atoms with Crippen molar-refractivity contribution in [3.05, 3.63) is 29.1 Å². The molecule has 2 rings (SSSR count). The normalized spacial score (nSPS) is 12.0. The Morgan fingerprint density at radius 2 is 1.70 bits per heavy atom. The van der Waals surface area contributed by atoms with Crippen molar-refractivity contribution in [1.29, 1.82) is 0 Å². The summed E-state index contributed by atoms with van der Waals surface area (Å²) in [5, 5.41) is 3.52. The highest BCUT2D eigenvalue weighted by Crippen LogP contribution is 2.31. The van der Waals surface area contributed by atoms with Crippen LogP contribution in [-0.2, 0) is 29.1 Å². The van der Waals surface area contributed by atoms with Gasteiger partial charge in [0.2, 0.25) is 5.95 Å². The zero-order chi connectivity index (χ0) is 19.9. The Hall–Kier alpha value is -2.21. The summed E-state index contributed by atoms with van der Waals surface area (Å²) in [4.78, 5) is 4.48. The van der Waals surface area contributed by atoms with Gasteiger partial charge in [-0.1, -0.05) is 19.9 Å². The molecule has 12 heteroatoms. The number of anilines is 1. The molecule has 0 aliphatic rings. The molecule has 2 aromatic rings. The molecule has 0 spiro atoms. The van der Waals surface area contributed by atoms with Crippen LogP contribution in [0.3, 0.4) is 0 Å². The number of alkyl halides is 3. The number of benzene rings is 1. The second kappa shape index (κ2) is 7.80. The molecule has 27 heavy (non-hydrogen) atoms. The molecule has 0 radical (unpaired) electrons. The van der Waals surface area contributed by atoms with Crippen molar-refractivity contribution in [1.82, 2.24) is 14.8 Å². The van der Waals surface area contributed by atoms with Gasteiger partial charge in [0, 0.05) is 14.1 Å². The number of aromatic nitrogens is 3. The van der Waals surface area contributed by atoms with Crippen LogP contribution in [0, 0.1) is 0 Å². The highest BCUT2D eigenvalue weighted by atomic mass is 32.2. The van der Waals surface area contributed by atoms with Crippen LogP contribution in [-0.4, -0.2) is 41.8 Å². The van der Waals surface area contributed by atoms with Gasteiger partial charge in [-0.05, 0) is 30.0 Å². The highest BCUT2D eigenvalue weighted by Gasteiger charge is 2.38. The molecule has 7 nitrogen and oxygen atoms in total. The first-order valence-electron chi connectivity index (χ1n) is 7.75. The van der Waals surface area contributed by atoms with E-state index in [1.54, 1.807) is 19.9 Å². The summed E-state index contributed by atoms with van der Waals surface area (Å²) in [5.74, 6) is -1.45. The van der Waals surface area contributed by atoms with Gasteiger partial charge in [-0.25, -0.2) is 0 Å². The number of nitrogens with zero attached hydrogens (tertiary/aromatic N) is 4. The second-order valence-electron chi connectivity index (χ2n) is 5.81. The Morgan fingerprint density at radius 3 is 2.11 bits per heavy atom. The summed E-state index contributed by atoms with van der Waals surface area (Å²) in [6, 6.07) is 2.68. The molecule has 0 amide bonds. The third-order valence-corrected chi connectivity index (χ3v) is 4.71. The number of halogens is 4. The summed E-state index contributed by atoms with van der Waals surface area (Å²) < 4.78 is 72.9. The zero-order valence-electron chi connectivity index (χ0n) is 15.1. The lowest BCUT2D eigenvalue weighted by Crippen LogP contribution is -2.17. The molecule has 1 heterocycles. The summed E-state index contributed by atoms with van der Waals surface area (Å²) in [6.07, 6.45) is -4.01. The van der Waals surface area contributed by atoms with Gasteiger partial charge in [0.05, 0.1) is 10.6 Å². The van der Waals surface area contributed by atoms with E-state index in [0.717, 1.165) is 10.7 Å². The van der Waals surface area contributed by atoms with Gasteiger partial charge in [-0.15, -0.1) is 5.10 Å². The van der Waals surface area contributed by atoms with Gasteiger partial charge >= 0.3 is 6.18 Å². The number of aryl methyl sites for hydroxylation is 2. The molecule has 152 valence electrons. The van der Waals surface area contributed by atoms with Crippen LogP contribution >= 0.6 is 0 Å². The molecule has 0 unspecified atom stereocenters. The first kappa shape index (κ1) is 22.8. The van der Waals surface area contributed by atoms with Crippen LogP contribution in [0.15, 0.2) is 17.0 Å². The lowest BCUT2D eigenvalue weighted by Gasteiger charge is -2.17. The maximum atomic E-state index is 13.0. The fourth-order valence-electron chi connectivity index (χ4n) is 2.54. The monoisotopic (exact) mass is 412 g/mol. The molecule has 0 atom stereocenters. The summed E-state index contributed by atoms with van der Waals surface area (Å²) in [6.45, 7) is 3.49. The molecule has 0 saturated carbocycles. The van der Waals surface area contributed by atoms with E-state index in [1.165, 1.54) is 19.0 Å². The van der Waals surface area contributed by atoms with Crippen molar-refractivity contribution in [2.24, 2.45) is 0 Å². The Balaban J connectivity index is 0.00000364. The van der Waals surface area contributed by atoms with Gasteiger partial charge in [0.1, 0.15) is 0 Å². The minimum Gasteiger partial charge on any atom is -0.347 e. The lowest BCUT2D eigenvalue weighted by atomic mass is 10.0. The van der Waals surface area contributed by atoms with E-state index in [0.29, 0.717) is 24.0 Å². The Morgan fingerprint density at radius 1 is 1.15 bits per heavy atom. The van der Waals surface area contributed by atoms with Crippen LogP contribution in [0.25, 0.3) is 5.69 Å². The van der Waals surface area contributed by atoms with Gasteiger partial charge in [0.25, 0.3) is 15.9 Å². The third kappa shape index (κ3) is 4.56. The van der Waals surface area contributed by atoms with Crippen LogP contribution < -0.4 is 4.90 Å². The van der Waals surface area contributed by atoms with Crippen molar-refractivity contribution in [3.8, 4) is 5.69 Å². The fraction of sp³-hybridized carbons (Fsp3) is 0.467. The number of rotatable bonds is 5. The van der Waals surface area contributed by atoms with Gasteiger partial charge < -0.3 is 4.90 Å². The summed E-state index contributed by atoms with van der Waals surface area (Å²) >= 11 is 0. The maximum Gasteiger partial charge on any atom is 0.453 e. The topological polar surface area (TPSA) is 88.3 Å². The first-order valence-corrected chi connectivity index (χ1v) is 9.19. The minimum absolute atomic E-state index is 0. The van der Waals surface area contributed by atoms with E-state index in [1.807, 2.05) is 0 Å². The van der Waals surface area contributed by atoms with Crippen LogP contribution in [0.4, 0.5) is 23.8 Å². The Kier molecular flexibility index (Phi) is 6.60. The maximum absolute atomic E-state index is 13.0. The van der Waals surface area contributed by atoms with Crippen LogP contribution in [0.5, 0.6) is 0 Å². The standard InChI is InChI=1S/C15H19F3N4O3S.FH/c1-5-9-7-10(6-2)12(26(23,24)25)8-11(9)22-14(21(3)4)19-13(20-22)15(16,17)18;/h7-8H,5-6H2,1-4H3,(H,23,24,25);1H. The molecule has 0 bridgehead atoms. The zero-order valence-corrected chi connectivity index (χ0v) is 15.9. The molecule has 0 aliphatic carbocycles. The van der Waals surface area contributed by atoms with E-state index in [9.17, 15) is 26.1 Å². The largest absolute Gasteiger partial charge is 0.453 e. The van der Waals surface area contributed by atoms with Crippen molar-refractivity contribution in [2.75, 3.05) is 19.0 Å². The summed E-state index contributed by atoms with van der Waals surface area (Å²) in [5.41, 5.74) is 1.07. The molecule has 0 fully saturated rings. The van der Waals surface area contributed by atoms with E-state index in [2.05, 4.69) is 10.1 Å². The summed E-state index contributed by atoms with van der Waals surface area (Å²) in [7, 11) is -1.56. The molecule has 1 N–H and O–H groups in total.